The van der Waals surface area contributed by atoms with Gasteiger partial charge in [-0.2, -0.15) is 0 Å². The van der Waals surface area contributed by atoms with Gasteiger partial charge in [0.25, 0.3) is 0 Å². The van der Waals surface area contributed by atoms with Crippen LogP contribution in [0.4, 0.5) is 5.13 Å². The third kappa shape index (κ3) is 4.87. The molecule has 1 aliphatic rings. The van der Waals surface area contributed by atoms with Crippen molar-refractivity contribution in [1.29, 1.82) is 0 Å². The Kier molecular flexibility index (Phi) is 6.95. The van der Waals surface area contributed by atoms with Crippen LogP contribution in [0, 0.1) is 13.8 Å². The van der Waals surface area contributed by atoms with Gasteiger partial charge in [-0.05, 0) is 55.5 Å². The monoisotopic (exact) mass is 486 g/mol. The fourth-order valence-corrected chi connectivity index (χ4v) is 7.16. The summed E-state index contributed by atoms with van der Waals surface area (Å²) in [7, 11) is -0.521. The summed E-state index contributed by atoms with van der Waals surface area (Å²) in [6.07, 6.45) is 1.92. The molecule has 0 amide bonds. The number of anilines is 1. The van der Waals surface area contributed by atoms with Crippen LogP contribution in [0.5, 0.6) is 11.5 Å². The standard InChI is InChI=1S/C25H30N2O4S2/c1-17-6-5-7-18(2)22(17)14-19-16-32-25(26-19)27-12-10-21(11-13-27)33(28,29)24-15-20(30-3)8-9-23(24)31-4/h5-9,15-16,21H,10-14H2,1-4H3. The molecule has 0 N–H and O–H groups in total. The third-order valence-corrected chi connectivity index (χ3v) is 9.60. The summed E-state index contributed by atoms with van der Waals surface area (Å²) in [5.41, 5.74) is 4.95. The molecule has 0 unspecified atom stereocenters. The normalized spacial score (nSPS) is 15.0. The number of aryl methyl sites for hydroxylation is 2. The smallest absolute Gasteiger partial charge is 0.185 e. The van der Waals surface area contributed by atoms with Crippen molar-refractivity contribution in [3.05, 3.63) is 64.2 Å². The van der Waals surface area contributed by atoms with Crippen molar-refractivity contribution in [1.82, 2.24) is 4.98 Å². The molecule has 0 radical (unpaired) electrons. The first kappa shape index (κ1) is 23.6. The van der Waals surface area contributed by atoms with Gasteiger partial charge in [-0.3, -0.25) is 0 Å². The maximum atomic E-state index is 13.4. The molecule has 3 aromatic rings. The van der Waals surface area contributed by atoms with E-state index in [4.69, 9.17) is 14.5 Å². The predicted octanol–water partition coefficient (Wildman–Crippen LogP) is 4.81. The molecule has 1 aromatic heterocycles. The van der Waals surface area contributed by atoms with Gasteiger partial charge >= 0.3 is 0 Å². The highest BCUT2D eigenvalue weighted by molar-refractivity contribution is 7.92. The molecule has 0 atom stereocenters. The van der Waals surface area contributed by atoms with Gasteiger partial charge in [0, 0.05) is 31.0 Å². The van der Waals surface area contributed by atoms with Gasteiger partial charge in [-0.25, -0.2) is 13.4 Å². The maximum absolute atomic E-state index is 13.4. The third-order valence-electron chi connectivity index (χ3n) is 6.37. The summed E-state index contributed by atoms with van der Waals surface area (Å²) in [5, 5.41) is 2.63. The van der Waals surface area contributed by atoms with Crippen LogP contribution in [-0.2, 0) is 16.3 Å². The molecule has 0 spiro atoms. The van der Waals surface area contributed by atoms with Gasteiger partial charge < -0.3 is 14.4 Å². The zero-order valence-electron chi connectivity index (χ0n) is 19.5. The number of thiazole rings is 1. The number of hydrogen-bond donors (Lipinski definition) is 0. The number of benzene rings is 2. The van der Waals surface area contributed by atoms with Crippen LogP contribution in [-0.4, -0.2) is 46.0 Å². The highest BCUT2D eigenvalue weighted by Gasteiger charge is 2.34. The fourth-order valence-electron chi connectivity index (χ4n) is 4.37. The number of methoxy groups -OCH3 is 2. The molecule has 2 aromatic carbocycles. The van der Waals surface area contributed by atoms with Crippen molar-refractivity contribution in [2.24, 2.45) is 0 Å². The van der Waals surface area contributed by atoms with E-state index in [1.165, 1.54) is 30.9 Å². The second-order valence-electron chi connectivity index (χ2n) is 8.42. The van der Waals surface area contributed by atoms with Crippen molar-refractivity contribution in [3.8, 4) is 11.5 Å². The van der Waals surface area contributed by atoms with Crippen molar-refractivity contribution in [2.75, 3.05) is 32.2 Å². The first-order valence-electron chi connectivity index (χ1n) is 11.0. The highest BCUT2D eigenvalue weighted by atomic mass is 32.2. The van der Waals surface area contributed by atoms with E-state index in [1.54, 1.807) is 29.5 Å². The Hall–Kier alpha value is -2.58. The number of hydrogen-bond acceptors (Lipinski definition) is 7. The minimum absolute atomic E-state index is 0.202. The van der Waals surface area contributed by atoms with Crippen LogP contribution in [0.15, 0.2) is 46.7 Å². The molecule has 1 aliphatic heterocycles. The largest absolute Gasteiger partial charge is 0.497 e. The number of nitrogens with zero attached hydrogens (tertiary/aromatic N) is 2. The van der Waals surface area contributed by atoms with E-state index in [0.717, 1.165) is 17.2 Å². The number of rotatable bonds is 7. The Balaban J connectivity index is 1.45. The maximum Gasteiger partial charge on any atom is 0.185 e. The average Bonchev–Trinajstić information content (AvgIpc) is 3.30. The summed E-state index contributed by atoms with van der Waals surface area (Å²) in [6.45, 7) is 5.59. The molecule has 0 bridgehead atoms. The molecule has 0 saturated carbocycles. The van der Waals surface area contributed by atoms with E-state index in [1.807, 2.05) is 0 Å². The van der Waals surface area contributed by atoms with Gasteiger partial charge in [-0.1, -0.05) is 18.2 Å². The summed E-state index contributed by atoms with van der Waals surface area (Å²) >= 11 is 1.63. The van der Waals surface area contributed by atoms with E-state index in [2.05, 4.69) is 42.3 Å². The van der Waals surface area contributed by atoms with E-state index in [9.17, 15) is 8.42 Å². The molecule has 4 rings (SSSR count). The molecule has 33 heavy (non-hydrogen) atoms. The second kappa shape index (κ2) is 9.73. The first-order chi connectivity index (χ1) is 15.8. The highest BCUT2D eigenvalue weighted by Crippen LogP contribution is 2.35. The van der Waals surface area contributed by atoms with Gasteiger partial charge in [0.2, 0.25) is 0 Å². The number of ether oxygens (including phenoxy) is 2. The second-order valence-corrected chi connectivity index (χ2v) is 11.4. The van der Waals surface area contributed by atoms with E-state index >= 15 is 0 Å². The van der Waals surface area contributed by atoms with Crippen LogP contribution < -0.4 is 14.4 Å². The van der Waals surface area contributed by atoms with Crippen molar-refractivity contribution in [2.45, 2.75) is 43.3 Å². The van der Waals surface area contributed by atoms with Crippen molar-refractivity contribution < 1.29 is 17.9 Å². The van der Waals surface area contributed by atoms with Crippen LogP contribution in [0.25, 0.3) is 0 Å². The molecule has 2 heterocycles. The minimum atomic E-state index is -3.54. The number of aromatic nitrogens is 1. The molecule has 8 heteroatoms. The van der Waals surface area contributed by atoms with Crippen LogP contribution >= 0.6 is 11.3 Å². The lowest BCUT2D eigenvalue weighted by atomic mass is 9.99. The van der Waals surface area contributed by atoms with E-state index in [-0.39, 0.29) is 4.90 Å². The summed E-state index contributed by atoms with van der Waals surface area (Å²) < 4.78 is 37.3. The zero-order chi connectivity index (χ0) is 23.6. The lowest BCUT2D eigenvalue weighted by Gasteiger charge is -2.31. The average molecular weight is 487 g/mol. The lowest BCUT2D eigenvalue weighted by molar-refractivity contribution is 0.391. The lowest BCUT2D eigenvalue weighted by Crippen LogP contribution is -2.39. The van der Waals surface area contributed by atoms with Gasteiger partial charge in [0.1, 0.15) is 16.4 Å². The zero-order valence-corrected chi connectivity index (χ0v) is 21.1. The van der Waals surface area contributed by atoms with Crippen molar-refractivity contribution >= 4 is 26.3 Å². The SMILES string of the molecule is COc1ccc(OC)c(S(=O)(=O)C2CCN(c3nc(Cc4c(C)cccc4C)cs3)CC2)c1. The summed E-state index contributed by atoms with van der Waals surface area (Å²) in [5.74, 6) is 0.861. The fraction of sp³-hybridized carbons (Fsp3) is 0.400. The molecular formula is C25H30N2O4S2. The van der Waals surface area contributed by atoms with Crippen LogP contribution in [0.2, 0.25) is 0 Å². The summed E-state index contributed by atoms with van der Waals surface area (Å²) in [4.78, 5) is 7.27. The van der Waals surface area contributed by atoms with E-state index in [0.29, 0.717) is 37.4 Å². The Bertz CT molecular complexity index is 1210. The molecule has 1 fully saturated rings. The van der Waals surface area contributed by atoms with Gasteiger partial charge in [0.05, 0.1) is 25.2 Å². The van der Waals surface area contributed by atoms with Gasteiger partial charge in [-0.15, -0.1) is 11.3 Å². The predicted molar refractivity (Wildman–Crippen MR) is 133 cm³/mol. The van der Waals surface area contributed by atoms with Gasteiger partial charge in [0.15, 0.2) is 15.0 Å². The number of piperidine rings is 1. The molecule has 1 saturated heterocycles. The molecule has 6 nitrogen and oxygen atoms in total. The van der Waals surface area contributed by atoms with Crippen LogP contribution in [0.3, 0.4) is 0 Å². The number of sulfone groups is 1. The Labute approximate surface area is 200 Å². The minimum Gasteiger partial charge on any atom is -0.497 e. The quantitative estimate of drug-likeness (QED) is 0.477. The molecular weight excluding hydrogens is 456 g/mol. The molecule has 176 valence electrons. The van der Waals surface area contributed by atoms with E-state index < -0.39 is 15.1 Å². The first-order valence-corrected chi connectivity index (χ1v) is 13.5. The van der Waals surface area contributed by atoms with Crippen molar-refractivity contribution in [3.63, 3.8) is 0 Å². The summed E-state index contributed by atoms with van der Waals surface area (Å²) in [6, 6.07) is 11.3. The van der Waals surface area contributed by atoms with Crippen LogP contribution in [0.1, 0.15) is 35.2 Å². The Morgan fingerprint density at radius 1 is 1.06 bits per heavy atom. The Morgan fingerprint density at radius 3 is 2.39 bits per heavy atom. The molecule has 0 aliphatic carbocycles. The Morgan fingerprint density at radius 2 is 1.76 bits per heavy atom. The topological polar surface area (TPSA) is 68.7 Å².